The van der Waals surface area contributed by atoms with Crippen molar-refractivity contribution >= 4 is 33.3 Å². The zero-order chi connectivity index (χ0) is 22.0. The van der Waals surface area contributed by atoms with Gasteiger partial charge in [0.25, 0.3) is 5.69 Å². The summed E-state index contributed by atoms with van der Waals surface area (Å²) in [5.41, 5.74) is 3.80. The highest BCUT2D eigenvalue weighted by atomic mass is 79.9. The second-order valence-corrected chi connectivity index (χ2v) is 8.10. The predicted molar refractivity (Wildman–Crippen MR) is 121 cm³/mol. The lowest BCUT2D eigenvalue weighted by atomic mass is 9.91. The summed E-state index contributed by atoms with van der Waals surface area (Å²) in [7, 11) is 1.36. The molecule has 0 aromatic heterocycles. The van der Waals surface area contributed by atoms with Gasteiger partial charge in [0.15, 0.2) is 0 Å². The predicted octanol–water partition coefficient (Wildman–Crippen LogP) is 5.05. The van der Waals surface area contributed by atoms with E-state index in [0.717, 1.165) is 26.9 Å². The molecule has 1 heterocycles. The number of halogens is 1. The number of nitro groups is 1. The second kappa shape index (κ2) is 8.87. The SMILES string of the molecule is COC(=O)CN1[C@H](c2ccccc2)c2cc(Br)ccc2N[C@@H]1c1ccc([N+](=O)[O-])cc1. The molecule has 1 N–H and O–H groups in total. The van der Waals surface area contributed by atoms with Crippen LogP contribution in [0.5, 0.6) is 0 Å². The smallest absolute Gasteiger partial charge is 0.319 e. The molecule has 0 amide bonds. The highest BCUT2D eigenvalue weighted by molar-refractivity contribution is 9.10. The number of benzene rings is 3. The number of anilines is 1. The minimum absolute atomic E-state index is 0.0167. The Morgan fingerprint density at radius 1 is 1.10 bits per heavy atom. The molecule has 0 saturated heterocycles. The van der Waals surface area contributed by atoms with E-state index in [9.17, 15) is 14.9 Å². The first kappa shape index (κ1) is 21.0. The molecule has 1 aliphatic rings. The summed E-state index contributed by atoms with van der Waals surface area (Å²) in [5.74, 6) is -0.368. The lowest BCUT2D eigenvalue weighted by Crippen LogP contribution is -2.44. The van der Waals surface area contributed by atoms with Crippen LogP contribution in [-0.2, 0) is 9.53 Å². The Bertz CT molecular complexity index is 1110. The van der Waals surface area contributed by atoms with E-state index >= 15 is 0 Å². The first-order valence-electron chi connectivity index (χ1n) is 9.66. The number of methoxy groups -OCH3 is 1. The number of rotatable bonds is 5. The third kappa shape index (κ3) is 4.30. The van der Waals surface area contributed by atoms with Gasteiger partial charge in [-0.25, -0.2) is 0 Å². The number of hydrogen-bond acceptors (Lipinski definition) is 6. The van der Waals surface area contributed by atoms with E-state index < -0.39 is 11.1 Å². The van der Waals surface area contributed by atoms with Crippen LogP contribution in [0.3, 0.4) is 0 Å². The summed E-state index contributed by atoms with van der Waals surface area (Å²) in [6.07, 6.45) is -0.390. The van der Waals surface area contributed by atoms with Crippen molar-refractivity contribution in [2.24, 2.45) is 0 Å². The van der Waals surface area contributed by atoms with Crippen molar-refractivity contribution in [1.29, 1.82) is 0 Å². The molecule has 3 aromatic rings. The van der Waals surface area contributed by atoms with E-state index in [-0.39, 0.29) is 24.2 Å². The van der Waals surface area contributed by atoms with Crippen LogP contribution >= 0.6 is 15.9 Å². The van der Waals surface area contributed by atoms with Crippen molar-refractivity contribution in [3.8, 4) is 0 Å². The van der Waals surface area contributed by atoms with E-state index in [1.54, 1.807) is 12.1 Å². The molecule has 0 saturated carbocycles. The fraction of sp³-hybridized carbons (Fsp3) is 0.174. The molecule has 0 spiro atoms. The number of carbonyl (C=O) groups is 1. The van der Waals surface area contributed by atoms with Crippen LogP contribution in [0.4, 0.5) is 11.4 Å². The van der Waals surface area contributed by atoms with Crippen molar-refractivity contribution in [2.45, 2.75) is 12.2 Å². The number of non-ortho nitro benzene ring substituents is 1. The van der Waals surface area contributed by atoms with Crippen molar-refractivity contribution < 1.29 is 14.5 Å². The molecular formula is C23H20BrN3O4. The molecule has 158 valence electrons. The molecule has 0 radical (unpaired) electrons. The van der Waals surface area contributed by atoms with Crippen molar-refractivity contribution in [1.82, 2.24) is 4.90 Å². The van der Waals surface area contributed by atoms with Gasteiger partial charge in [-0.1, -0.05) is 46.3 Å². The van der Waals surface area contributed by atoms with Gasteiger partial charge in [0.1, 0.15) is 6.17 Å². The van der Waals surface area contributed by atoms with E-state index in [0.29, 0.717) is 0 Å². The Kier molecular flexibility index (Phi) is 6.01. The summed E-state index contributed by atoms with van der Waals surface area (Å²) >= 11 is 3.55. The van der Waals surface area contributed by atoms with Crippen LogP contribution in [-0.4, -0.2) is 29.4 Å². The number of ether oxygens (including phenoxy) is 1. The lowest BCUT2D eigenvalue weighted by Gasteiger charge is -2.44. The zero-order valence-electron chi connectivity index (χ0n) is 16.7. The lowest BCUT2D eigenvalue weighted by molar-refractivity contribution is -0.384. The Hall–Kier alpha value is -3.23. The quantitative estimate of drug-likeness (QED) is 0.312. The van der Waals surface area contributed by atoms with Gasteiger partial charge in [0, 0.05) is 22.3 Å². The van der Waals surface area contributed by atoms with Gasteiger partial charge in [-0.2, -0.15) is 0 Å². The van der Waals surface area contributed by atoms with Gasteiger partial charge in [-0.3, -0.25) is 19.8 Å². The molecule has 31 heavy (non-hydrogen) atoms. The average molecular weight is 482 g/mol. The summed E-state index contributed by atoms with van der Waals surface area (Å²) in [6.45, 7) is 0.0384. The second-order valence-electron chi connectivity index (χ2n) is 7.19. The molecule has 7 nitrogen and oxygen atoms in total. The molecule has 4 rings (SSSR count). The van der Waals surface area contributed by atoms with Gasteiger partial charge < -0.3 is 10.1 Å². The first-order chi connectivity index (χ1) is 15.0. The Balaban J connectivity index is 1.86. The summed E-state index contributed by atoms with van der Waals surface area (Å²) in [6, 6.07) is 22.1. The topological polar surface area (TPSA) is 84.7 Å². The van der Waals surface area contributed by atoms with E-state index in [2.05, 4.69) is 21.2 Å². The molecule has 2 atom stereocenters. The molecule has 0 unspecified atom stereocenters. The highest BCUT2D eigenvalue weighted by Gasteiger charge is 2.37. The fourth-order valence-electron chi connectivity index (χ4n) is 3.90. The standard InChI is InChI=1S/C23H20BrN3O4/c1-31-21(28)14-26-22(15-5-3-2-4-6-15)19-13-17(24)9-12-20(19)25-23(26)16-7-10-18(11-8-16)27(29)30/h2-13,22-23,25H,14H2,1H3/t22-,23+/m1/s1. The van der Waals surface area contributed by atoms with Gasteiger partial charge >= 0.3 is 5.97 Å². The van der Waals surface area contributed by atoms with Crippen molar-refractivity contribution in [3.05, 3.63) is 104 Å². The van der Waals surface area contributed by atoms with Crippen molar-refractivity contribution in [3.63, 3.8) is 0 Å². The van der Waals surface area contributed by atoms with Crippen LogP contribution in [0.25, 0.3) is 0 Å². The molecule has 3 aromatic carbocycles. The fourth-order valence-corrected chi connectivity index (χ4v) is 4.28. The number of esters is 1. The molecular weight excluding hydrogens is 462 g/mol. The average Bonchev–Trinajstić information content (AvgIpc) is 2.79. The van der Waals surface area contributed by atoms with Crippen molar-refractivity contribution in [2.75, 3.05) is 19.0 Å². The van der Waals surface area contributed by atoms with Crippen LogP contribution in [0, 0.1) is 10.1 Å². The summed E-state index contributed by atoms with van der Waals surface area (Å²) in [5, 5.41) is 14.6. The van der Waals surface area contributed by atoms with Gasteiger partial charge in [0.05, 0.1) is 24.6 Å². The van der Waals surface area contributed by atoms with Gasteiger partial charge in [-0.05, 0) is 47.0 Å². The maximum absolute atomic E-state index is 12.4. The normalized spacial score (nSPS) is 18.0. The minimum atomic E-state index is -0.427. The van der Waals surface area contributed by atoms with Crippen LogP contribution in [0.1, 0.15) is 28.9 Å². The van der Waals surface area contributed by atoms with E-state index in [4.69, 9.17) is 4.74 Å². The summed E-state index contributed by atoms with van der Waals surface area (Å²) in [4.78, 5) is 25.0. The number of nitro benzene ring substituents is 1. The number of hydrogen-bond donors (Lipinski definition) is 1. The number of fused-ring (bicyclic) bond motifs is 1. The number of carbonyl (C=O) groups excluding carboxylic acids is 1. The Morgan fingerprint density at radius 3 is 2.45 bits per heavy atom. The molecule has 0 bridgehead atoms. The van der Waals surface area contributed by atoms with Crippen LogP contribution in [0.15, 0.2) is 77.3 Å². The highest BCUT2D eigenvalue weighted by Crippen LogP contribution is 2.44. The Labute approximate surface area is 187 Å². The van der Waals surface area contributed by atoms with Gasteiger partial charge in [-0.15, -0.1) is 0 Å². The number of nitrogens with one attached hydrogen (secondary N) is 1. The van der Waals surface area contributed by atoms with Crippen LogP contribution < -0.4 is 5.32 Å². The van der Waals surface area contributed by atoms with Crippen LogP contribution in [0.2, 0.25) is 0 Å². The first-order valence-corrected chi connectivity index (χ1v) is 10.4. The third-order valence-electron chi connectivity index (χ3n) is 5.34. The maximum Gasteiger partial charge on any atom is 0.319 e. The molecule has 1 aliphatic heterocycles. The largest absolute Gasteiger partial charge is 0.468 e. The third-order valence-corrected chi connectivity index (χ3v) is 5.83. The van der Waals surface area contributed by atoms with E-state index in [1.165, 1.54) is 19.2 Å². The Morgan fingerprint density at radius 2 is 1.81 bits per heavy atom. The molecule has 0 fully saturated rings. The monoisotopic (exact) mass is 481 g/mol. The molecule has 0 aliphatic carbocycles. The summed E-state index contributed by atoms with van der Waals surface area (Å²) < 4.78 is 5.91. The maximum atomic E-state index is 12.4. The van der Waals surface area contributed by atoms with Gasteiger partial charge in [0.2, 0.25) is 0 Å². The molecule has 8 heteroatoms. The minimum Gasteiger partial charge on any atom is -0.468 e. The zero-order valence-corrected chi connectivity index (χ0v) is 18.3. The van der Waals surface area contributed by atoms with E-state index in [1.807, 2.05) is 53.4 Å². The number of nitrogens with zero attached hydrogens (tertiary/aromatic N) is 2.